The maximum absolute atomic E-state index is 12.9. The molecule has 3 aromatic rings. The Morgan fingerprint density at radius 1 is 1.03 bits per heavy atom. The molecule has 1 aromatic carbocycles. The molecular formula is C25H30N6O4. The van der Waals surface area contributed by atoms with Gasteiger partial charge in [-0.15, -0.1) is 0 Å². The SMILES string of the molecule is CCOC(=O)Cc1nn(CNC(=O)CCN2CCN(c3ccccn3)CC2)c(=O)c2ccccc12. The van der Waals surface area contributed by atoms with Crippen molar-refractivity contribution in [1.82, 2.24) is 25.0 Å². The van der Waals surface area contributed by atoms with E-state index in [4.69, 9.17) is 4.74 Å². The molecule has 0 unspecified atom stereocenters. The number of pyridine rings is 1. The van der Waals surface area contributed by atoms with Crippen molar-refractivity contribution in [2.75, 3.05) is 44.2 Å². The van der Waals surface area contributed by atoms with E-state index in [0.717, 1.165) is 32.0 Å². The zero-order valence-corrected chi connectivity index (χ0v) is 19.9. The fraction of sp³-hybridized carbons (Fsp3) is 0.400. The van der Waals surface area contributed by atoms with Gasteiger partial charge in [0.2, 0.25) is 5.91 Å². The number of ether oxygens (including phenoxy) is 1. The predicted molar refractivity (Wildman–Crippen MR) is 132 cm³/mol. The first kappa shape index (κ1) is 24.3. The summed E-state index contributed by atoms with van der Waals surface area (Å²) < 4.78 is 6.23. The Morgan fingerprint density at radius 3 is 2.49 bits per heavy atom. The largest absolute Gasteiger partial charge is 0.466 e. The third kappa shape index (κ3) is 6.21. The van der Waals surface area contributed by atoms with E-state index in [1.54, 1.807) is 37.4 Å². The Bertz CT molecular complexity index is 1220. The number of amides is 1. The van der Waals surface area contributed by atoms with Gasteiger partial charge in [0.05, 0.1) is 24.1 Å². The second-order valence-electron chi connectivity index (χ2n) is 8.30. The van der Waals surface area contributed by atoms with Gasteiger partial charge in [-0.3, -0.25) is 19.3 Å². The third-order valence-electron chi connectivity index (χ3n) is 5.99. The number of aromatic nitrogens is 3. The molecule has 0 spiro atoms. The van der Waals surface area contributed by atoms with E-state index in [1.807, 2.05) is 18.2 Å². The molecule has 0 saturated carbocycles. The Hall–Kier alpha value is -3.79. The fourth-order valence-corrected chi connectivity index (χ4v) is 4.14. The number of fused-ring (bicyclic) bond motifs is 1. The Labute approximate surface area is 203 Å². The number of anilines is 1. The fourth-order valence-electron chi connectivity index (χ4n) is 4.14. The number of hydrogen-bond acceptors (Lipinski definition) is 8. The van der Waals surface area contributed by atoms with Crippen LogP contribution in [0, 0.1) is 0 Å². The molecule has 1 N–H and O–H groups in total. The van der Waals surface area contributed by atoms with Crippen LogP contribution in [0.25, 0.3) is 10.8 Å². The van der Waals surface area contributed by atoms with Gasteiger partial charge in [-0.25, -0.2) is 9.67 Å². The summed E-state index contributed by atoms with van der Waals surface area (Å²) in [6.07, 6.45) is 2.07. The van der Waals surface area contributed by atoms with Crippen LogP contribution in [0.5, 0.6) is 0 Å². The first-order chi connectivity index (χ1) is 17.0. The van der Waals surface area contributed by atoms with Crippen molar-refractivity contribution >= 4 is 28.5 Å². The molecular weight excluding hydrogens is 448 g/mol. The van der Waals surface area contributed by atoms with Crippen molar-refractivity contribution in [3.8, 4) is 0 Å². The van der Waals surface area contributed by atoms with E-state index in [0.29, 0.717) is 29.4 Å². The molecule has 10 heteroatoms. The summed E-state index contributed by atoms with van der Waals surface area (Å²) in [5.74, 6) is 0.397. The number of piperazine rings is 1. The zero-order chi connectivity index (χ0) is 24.6. The van der Waals surface area contributed by atoms with Crippen LogP contribution in [0.15, 0.2) is 53.5 Å². The molecule has 1 saturated heterocycles. The number of benzene rings is 1. The van der Waals surface area contributed by atoms with Crippen molar-refractivity contribution in [3.63, 3.8) is 0 Å². The molecule has 35 heavy (non-hydrogen) atoms. The van der Waals surface area contributed by atoms with Gasteiger partial charge in [-0.05, 0) is 25.1 Å². The van der Waals surface area contributed by atoms with Gasteiger partial charge >= 0.3 is 5.97 Å². The van der Waals surface area contributed by atoms with Crippen LogP contribution < -0.4 is 15.8 Å². The third-order valence-corrected chi connectivity index (χ3v) is 5.99. The average Bonchev–Trinajstić information content (AvgIpc) is 2.89. The lowest BCUT2D eigenvalue weighted by Crippen LogP contribution is -2.47. The predicted octanol–water partition coefficient (Wildman–Crippen LogP) is 1.18. The number of carbonyl (C=O) groups excluding carboxylic acids is 2. The maximum atomic E-state index is 12.9. The van der Waals surface area contributed by atoms with E-state index in [9.17, 15) is 14.4 Å². The lowest BCUT2D eigenvalue weighted by molar-refractivity contribution is -0.142. The van der Waals surface area contributed by atoms with Crippen molar-refractivity contribution in [1.29, 1.82) is 0 Å². The van der Waals surface area contributed by atoms with Crippen molar-refractivity contribution in [3.05, 3.63) is 64.7 Å². The number of rotatable bonds is 9. The van der Waals surface area contributed by atoms with Crippen molar-refractivity contribution in [2.24, 2.45) is 0 Å². The van der Waals surface area contributed by atoms with Crippen LogP contribution in [0.2, 0.25) is 0 Å². The molecule has 10 nitrogen and oxygen atoms in total. The first-order valence-corrected chi connectivity index (χ1v) is 11.8. The highest BCUT2D eigenvalue weighted by Gasteiger charge is 2.19. The van der Waals surface area contributed by atoms with E-state index < -0.39 is 5.97 Å². The molecule has 3 heterocycles. The highest BCUT2D eigenvalue weighted by atomic mass is 16.5. The maximum Gasteiger partial charge on any atom is 0.311 e. The standard InChI is InChI=1S/C25H30N6O4/c1-2-35-24(33)17-21-19-7-3-4-8-20(19)25(34)31(28-21)18-27-23(32)10-12-29-13-15-30(16-14-29)22-9-5-6-11-26-22/h3-9,11H,2,10,12-18H2,1H3,(H,27,32). The summed E-state index contributed by atoms with van der Waals surface area (Å²) >= 11 is 0. The van der Waals surface area contributed by atoms with E-state index in [1.165, 1.54) is 4.68 Å². The number of nitrogens with zero attached hydrogens (tertiary/aromatic N) is 5. The summed E-state index contributed by atoms with van der Waals surface area (Å²) in [4.78, 5) is 46.3. The minimum absolute atomic E-state index is 0.0486. The van der Waals surface area contributed by atoms with Gasteiger partial charge < -0.3 is 15.0 Å². The van der Waals surface area contributed by atoms with Crippen LogP contribution in [0.4, 0.5) is 5.82 Å². The summed E-state index contributed by atoms with van der Waals surface area (Å²) in [5.41, 5.74) is 0.123. The summed E-state index contributed by atoms with van der Waals surface area (Å²) in [5, 5.41) is 8.19. The van der Waals surface area contributed by atoms with Crippen LogP contribution in [0.3, 0.4) is 0 Å². The molecule has 1 amide bonds. The number of hydrogen-bond donors (Lipinski definition) is 1. The minimum atomic E-state index is -0.414. The molecule has 1 aliphatic rings. The lowest BCUT2D eigenvalue weighted by Gasteiger charge is -2.35. The molecule has 1 fully saturated rings. The topological polar surface area (TPSA) is 110 Å². The number of carbonyl (C=O) groups is 2. The van der Waals surface area contributed by atoms with Gasteiger partial charge in [0.25, 0.3) is 5.56 Å². The van der Waals surface area contributed by atoms with Crippen LogP contribution >= 0.6 is 0 Å². The van der Waals surface area contributed by atoms with Gasteiger partial charge in [0, 0.05) is 50.7 Å². The van der Waals surface area contributed by atoms with Gasteiger partial charge in [0.15, 0.2) is 0 Å². The van der Waals surface area contributed by atoms with Crippen LogP contribution in [-0.2, 0) is 27.4 Å². The Morgan fingerprint density at radius 2 is 1.77 bits per heavy atom. The normalized spacial score (nSPS) is 14.1. The van der Waals surface area contributed by atoms with E-state index in [2.05, 4.69) is 25.2 Å². The monoisotopic (exact) mass is 478 g/mol. The van der Waals surface area contributed by atoms with Crippen molar-refractivity contribution < 1.29 is 14.3 Å². The molecule has 1 aliphatic heterocycles. The molecule has 184 valence electrons. The molecule has 2 aromatic heterocycles. The molecule has 4 rings (SSSR count). The minimum Gasteiger partial charge on any atom is -0.466 e. The zero-order valence-electron chi connectivity index (χ0n) is 19.9. The van der Waals surface area contributed by atoms with Crippen molar-refractivity contribution in [2.45, 2.75) is 26.4 Å². The molecule has 0 aliphatic carbocycles. The lowest BCUT2D eigenvalue weighted by atomic mass is 10.1. The second-order valence-corrected chi connectivity index (χ2v) is 8.30. The Balaban J connectivity index is 1.32. The average molecular weight is 479 g/mol. The number of esters is 1. The molecule has 0 atom stereocenters. The summed E-state index contributed by atoms with van der Waals surface area (Å²) in [6.45, 7) is 6.00. The Kier molecular flexibility index (Phi) is 8.04. The quantitative estimate of drug-likeness (QED) is 0.457. The highest BCUT2D eigenvalue weighted by molar-refractivity contribution is 5.87. The summed E-state index contributed by atoms with van der Waals surface area (Å²) in [7, 11) is 0. The van der Waals surface area contributed by atoms with E-state index >= 15 is 0 Å². The van der Waals surface area contributed by atoms with Gasteiger partial charge in [0.1, 0.15) is 12.5 Å². The van der Waals surface area contributed by atoms with Crippen LogP contribution in [-0.4, -0.2) is 70.9 Å². The summed E-state index contributed by atoms with van der Waals surface area (Å²) in [6, 6.07) is 12.9. The van der Waals surface area contributed by atoms with Gasteiger partial charge in [-0.1, -0.05) is 24.3 Å². The molecule has 0 bridgehead atoms. The highest BCUT2D eigenvalue weighted by Crippen LogP contribution is 2.15. The van der Waals surface area contributed by atoms with Crippen LogP contribution in [0.1, 0.15) is 19.0 Å². The second kappa shape index (κ2) is 11.6. The first-order valence-electron chi connectivity index (χ1n) is 11.8. The smallest absolute Gasteiger partial charge is 0.311 e. The number of nitrogens with one attached hydrogen (secondary N) is 1. The van der Waals surface area contributed by atoms with E-state index in [-0.39, 0.29) is 31.2 Å². The molecule has 0 radical (unpaired) electrons. The van der Waals surface area contributed by atoms with Gasteiger partial charge in [-0.2, -0.15) is 5.10 Å².